The zero-order chi connectivity index (χ0) is 19.0. The third kappa shape index (κ3) is 3.46. The SMILES string of the molecule is O=C(c1cc(-c2ccc(F)cc2)n[nH]1)N1CCC(N2C(=O)CSC2=O)CC1. The van der Waals surface area contributed by atoms with E-state index in [1.54, 1.807) is 23.1 Å². The molecule has 27 heavy (non-hydrogen) atoms. The fourth-order valence-electron chi connectivity index (χ4n) is 3.41. The van der Waals surface area contributed by atoms with Gasteiger partial charge in [-0.25, -0.2) is 4.39 Å². The molecule has 2 aromatic rings. The van der Waals surface area contributed by atoms with Crippen LogP contribution in [0.15, 0.2) is 30.3 Å². The first kappa shape index (κ1) is 17.7. The second kappa shape index (κ2) is 7.15. The fourth-order valence-corrected chi connectivity index (χ4v) is 4.19. The molecule has 140 valence electrons. The van der Waals surface area contributed by atoms with Crippen molar-refractivity contribution in [1.29, 1.82) is 0 Å². The van der Waals surface area contributed by atoms with Crippen LogP contribution in [0.5, 0.6) is 0 Å². The molecule has 0 spiro atoms. The van der Waals surface area contributed by atoms with Crippen LogP contribution >= 0.6 is 11.8 Å². The number of thioether (sulfide) groups is 1. The lowest BCUT2D eigenvalue weighted by molar-refractivity contribution is -0.126. The lowest BCUT2D eigenvalue weighted by Gasteiger charge is -2.35. The van der Waals surface area contributed by atoms with E-state index in [1.165, 1.54) is 17.0 Å². The molecular weight excluding hydrogens is 371 g/mol. The number of carbonyl (C=O) groups excluding carboxylic acids is 3. The zero-order valence-electron chi connectivity index (χ0n) is 14.4. The number of aromatic amines is 1. The van der Waals surface area contributed by atoms with Crippen molar-refractivity contribution in [2.45, 2.75) is 18.9 Å². The number of nitrogens with one attached hydrogen (secondary N) is 1. The Bertz CT molecular complexity index is 874. The fraction of sp³-hybridized carbons (Fsp3) is 0.333. The second-order valence-corrected chi connectivity index (χ2v) is 7.44. The maximum atomic E-state index is 13.0. The molecule has 7 nitrogen and oxygen atoms in total. The minimum atomic E-state index is -0.332. The summed E-state index contributed by atoms with van der Waals surface area (Å²) in [6.45, 7) is 0.937. The Balaban J connectivity index is 1.40. The van der Waals surface area contributed by atoms with Gasteiger partial charge in [0.15, 0.2) is 0 Å². The molecule has 0 radical (unpaired) electrons. The predicted octanol–water partition coefficient (Wildman–Crippen LogP) is 2.52. The summed E-state index contributed by atoms with van der Waals surface area (Å²) in [6, 6.07) is 7.40. The number of nitrogens with zero attached hydrogens (tertiary/aromatic N) is 3. The van der Waals surface area contributed by atoms with E-state index in [9.17, 15) is 18.8 Å². The first-order valence-corrected chi connectivity index (χ1v) is 9.61. The number of hydrogen-bond donors (Lipinski definition) is 1. The number of rotatable bonds is 3. The van der Waals surface area contributed by atoms with Crippen molar-refractivity contribution in [3.05, 3.63) is 41.8 Å². The molecule has 1 N–H and O–H groups in total. The number of hydrogen-bond acceptors (Lipinski definition) is 5. The Morgan fingerprint density at radius 3 is 2.52 bits per heavy atom. The number of carbonyl (C=O) groups is 3. The Morgan fingerprint density at radius 2 is 1.89 bits per heavy atom. The molecule has 1 aromatic carbocycles. The summed E-state index contributed by atoms with van der Waals surface area (Å²) in [5.74, 6) is -0.449. The van der Waals surface area contributed by atoms with E-state index in [-0.39, 0.29) is 34.7 Å². The highest BCUT2D eigenvalue weighted by molar-refractivity contribution is 8.14. The molecule has 2 fully saturated rings. The van der Waals surface area contributed by atoms with Crippen LogP contribution in [-0.4, -0.2) is 61.9 Å². The van der Waals surface area contributed by atoms with Crippen LogP contribution in [0.3, 0.4) is 0 Å². The zero-order valence-corrected chi connectivity index (χ0v) is 15.2. The quantitative estimate of drug-likeness (QED) is 0.873. The normalized spacial score (nSPS) is 18.4. The average Bonchev–Trinajstić information content (AvgIpc) is 3.29. The summed E-state index contributed by atoms with van der Waals surface area (Å²) < 4.78 is 13.0. The number of benzene rings is 1. The molecule has 2 aliphatic rings. The summed E-state index contributed by atoms with van der Waals surface area (Å²) in [5, 5.41) is 6.68. The van der Waals surface area contributed by atoms with Crippen molar-refractivity contribution in [3.63, 3.8) is 0 Å². The summed E-state index contributed by atoms with van der Waals surface area (Å²) in [7, 11) is 0. The largest absolute Gasteiger partial charge is 0.337 e. The average molecular weight is 388 g/mol. The highest BCUT2D eigenvalue weighted by Crippen LogP contribution is 2.27. The molecule has 1 aromatic heterocycles. The molecule has 3 amide bonds. The monoisotopic (exact) mass is 388 g/mol. The topological polar surface area (TPSA) is 86.4 Å². The van der Waals surface area contributed by atoms with Gasteiger partial charge in [-0.05, 0) is 43.2 Å². The lowest BCUT2D eigenvalue weighted by atomic mass is 10.0. The highest BCUT2D eigenvalue weighted by Gasteiger charge is 2.38. The van der Waals surface area contributed by atoms with Crippen molar-refractivity contribution in [1.82, 2.24) is 20.0 Å². The maximum Gasteiger partial charge on any atom is 0.289 e. The lowest BCUT2D eigenvalue weighted by Crippen LogP contribution is -2.48. The Hall–Kier alpha value is -2.68. The molecule has 0 saturated carbocycles. The predicted molar refractivity (Wildman–Crippen MR) is 97.6 cm³/mol. The van der Waals surface area contributed by atoms with E-state index >= 15 is 0 Å². The van der Waals surface area contributed by atoms with Crippen LogP contribution < -0.4 is 0 Å². The number of H-pyrrole nitrogens is 1. The first-order chi connectivity index (χ1) is 13.0. The Kier molecular flexibility index (Phi) is 4.69. The van der Waals surface area contributed by atoms with E-state index in [0.717, 1.165) is 11.8 Å². The van der Waals surface area contributed by atoms with E-state index in [2.05, 4.69) is 10.2 Å². The molecule has 0 atom stereocenters. The minimum absolute atomic E-state index is 0.138. The molecule has 9 heteroatoms. The molecular formula is C18H17FN4O3S. The van der Waals surface area contributed by atoms with Crippen LogP contribution in [0.2, 0.25) is 0 Å². The molecule has 4 rings (SSSR count). The molecule has 2 saturated heterocycles. The highest BCUT2D eigenvalue weighted by atomic mass is 32.2. The van der Waals surface area contributed by atoms with E-state index in [1.807, 2.05) is 0 Å². The number of aromatic nitrogens is 2. The first-order valence-electron chi connectivity index (χ1n) is 8.62. The number of likely N-dealkylation sites (tertiary alicyclic amines) is 1. The van der Waals surface area contributed by atoms with Crippen LogP contribution in [-0.2, 0) is 4.79 Å². The third-order valence-electron chi connectivity index (χ3n) is 4.85. The summed E-state index contributed by atoms with van der Waals surface area (Å²) in [4.78, 5) is 39.4. The van der Waals surface area contributed by atoms with E-state index in [4.69, 9.17) is 0 Å². The second-order valence-electron chi connectivity index (χ2n) is 6.52. The Labute approximate surface area is 158 Å². The number of amides is 3. The van der Waals surface area contributed by atoms with Crippen molar-refractivity contribution in [2.24, 2.45) is 0 Å². The van der Waals surface area contributed by atoms with Gasteiger partial charge in [0.1, 0.15) is 11.5 Å². The van der Waals surface area contributed by atoms with Crippen LogP contribution in [0.25, 0.3) is 11.3 Å². The minimum Gasteiger partial charge on any atom is -0.337 e. The van der Waals surface area contributed by atoms with Gasteiger partial charge in [-0.3, -0.25) is 24.4 Å². The van der Waals surface area contributed by atoms with Gasteiger partial charge in [-0.15, -0.1) is 0 Å². The summed E-state index contributed by atoms with van der Waals surface area (Å²) in [5.41, 5.74) is 1.64. The maximum absolute atomic E-state index is 13.0. The van der Waals surface area contributed by atoms with Gasteiger partial charge in [-0.1, -0.05) is 11.8 Å². The van der Waals surface area contributed by atoms with Gasteiger partial charge in [0.2, 0.25) is 5.91 Å². The van der Waals surface area contributed by atoms with Gasteiger partial charge in [0.25, 0.3) is 11.1 Å². The molecule has 0 aliphatic carbocycles. The number of piperidine rings is 1. The van der Waals surface area contributed by atoms with Crippen molar-refractivity contribution in [3.8, 4) is 11.3 Å². The van der Waals surface area contributed by atoms with E-state index in [0.29, 0.717) is 42.9 Å². The third-order valence-corrected chi connectivity index (χ3v) is 5.68. The summed E-state index contributed by atoms with van der Waals surface area (Å²) in [6.07, 6.45) is 1.14. The van der Waals surface area contributed by atoms with Gasteiger partial charge >= 0.3 is 0 Å². The summed E-state index contributed by atoms with van der Waals surface area (Å²) >= 11 is 1.03. The van der Waals surface area contributed by atoms with E-state index < -0.39 is 0 Å². The van der Waals surface area contributed by atoms with Crippen LogP contribution in [0.4, 0.5) is 9.18 Å². The van der Waals surface area contributed by atoms with Crippen LogP contribution in [0.1, 0.15) is 23.3 Å². The van der Waals surface area contributed by atoms with Gasteiger partial charge in [0, 0.05) is 24.7 Å². The van der Waals surface area contributed by atoms with Gasteiger partial charge < -0.3 is 4.90 Å². The standard InChI is InChI=1S/C18H17FN4O3S/c19-12-3-1-11(2-4-12)14-9-15(21-20-14)17(25)22-7-5-13(6-8-22)23-16(24)10-27-18(23)26/h1-4,9,13H,5-8,10H2,(H,20,21). The van der Waals surface area contributed by atoms with Gasteiger partial charge in [-0.2, -0.15) is 5.10 Å². The molecule has 0 bridgehead atoms. The smallest absolute Gasteiger partial charge is 0.289 e. The van der Waals surface area contributed by atoms with Crippen LogP contribution in [0, 0.1) is 5.82 Å². The number of halogens is 1. The Morgan fingerprint density at radius 1 is 1.19 bits per heavy atom. The van der Waals surface area contributed by atoms with Gasteiger partial charge in [0.05, 0.1) is 11.4 Å². The number of imide groups is 1. The van der Waals surface area contributed by atoms with Crippen molar-refractivity contribution >= 4 is 28.8 Å². The van der Waals surface area contributed by atoms with Crippen molar-refractivity contribution in [2.75, 3.05) is 18.8 Å². The van der Waals surface area contributed by atoms with Crippen molar-refractivity contribution < 1.29 is 18.8 Å². The molecule has 3 heterocycles. The molecule has 2 aliphatic heterocycles. The molecule has 0 unspecified atom stereocenters.